The fourth-order valence-corrected chi connectivity index (χ4v) is 3.67. The van der Waals surface area contributed by atoms with Crippen LogP contribution in [0.1, 0.15) is 10.4 Å². The van der Waals surface area contributed by atoms with Crippen LogP contribution in [-0.2, 0) is 10.0 Å². The van der Waals surface area contributed by atoms with E-state index in [1.807, 2.05) is 0 Å². The maximum absolute atomic E-state index is 12.4. The second-order valence-electron chi connectivity index (χ2n) is 3.73. The third-order valence-electron chi connectivity index (χ3n) is 2.52. The number of carboxylic acids is 1. The molecule has 0 saturated heterocycles. The number of carbonyl (C=O) groups is 1. The van der Waals surface area contributed by atoms with Gasteiger partial charge in [0, 0.05) is 18.6 Å². The van der Waals surface area contributed by atoms with Gasteiger partial charge in [0.2, 0.25) is 0 Å². The summed E-state index contributed by atoms with van der Waals surface area (Å²) in [6, 6.07) is 3.53. The lowest BCUT2D eigenvalue weighted by Crippen LogP contribution is -2.26. The molecule has 106 valence electrons. The number of rotatable bonds is 4. The second-order valence-corrected chi connectivity index (χ2v) is 6.98. The summed E-state index contributed by atoms with van der Waals surface area (Å²) in [5, 5.41) is 10.9. The van der Waals surface area contributed by atoms with Crippen LogP contribution in [0.3, 0.4) is 0 Å². The third-order valence-corrected chi connectivity index (χ3v) is 5.55. The first-order chi connectivity index (χ1) is 9.34. The Bertz CT molecular complexity index is 744. The van der Waals surface area contributed by atoms with Gasteiger partial charge in [-0.05, 0) is 18.2 Å². The molecule has 1 aromatic carbocycles. The summed E-state index contributed by atoms with van der Waals surface area (Å²) in [7, 11) is -2.53. The monoisotopic (exact) mass is 332 g/mol. The number of benzene rings is 1. The molecule has 1 aromatic heterocycles. The summed E-state index contributed by atoms with van der Waals surface area (Å²) >= 11 is 6.88. The largest absolute Gasteiger partial charge is 0.478 e. The minimum Gasteiger partial charge on any atom is -0.478 e. The van der Waals surface area contributed by atoms with Crippen LogP contribution in [0.25, 0.3) is 0 Å². The lowest BCUT2D eigenvalue weighted by atomic mass is 10.2. The number of hydrogen-bond donors (Lipinski definition) is 1. The second kappa shape index (κ2) is 5.39. The fourth-order valence-electron chi connectivity index (χ4n) is 1.46. The van der Waals surface area contributed by atoms with Gasteiger partial charge >= 0.3 is 5.97 Å². The number of sulfonamides is 1. The van der Waals surface area contributed by atoms with Gasteiger partial charge in [-0.3, -0.25) is 0 Å². The molecule has 0 bridgehead atoms. The summed E-state index contributed by atoms with van der Waals surface area (Å²) in [4.78, 5) is 14.7. The van der Waals surface area contributed by atoms with E-state index in [9.17, 15) is 13.2 Å². The molecule has 0 amide bonds. The van der Waals surface area contributed by atoms with Crippen molar-refractivity contribution >= 4 is 44.1 Å². The van der Waals surface area contributed by atoms with Crippen molar-refractivity contribution in [3.05, 3.63) is 40.4 Å². The van der Waals surface area contributed by atoms with Gasteiger partial charge < -0.3 is 5.11 Å². The van der Waals surface area contributed by atoms with E-state index in [0.717, 1.165) is 21.7 Å². The average molecular weight is 333 g/mol. The van der Waals surface area contributed by atoms with Crippen molar-refractivity contribution in [3.63, 3.8) is 0 Å². The van der Waals surface area contributed by atoms with Gasteiger partial charge in [0.05, 0.1) is 15.5 Å². The maximum atomic E-state index is 12.4. The van der Waals surface area contributed by atoms with Crippen molar-refractivity contribution < 1.29 is 18.3 Å². The number of thiazole rings is 1. The van der Waals surface area contributed by atoms with Crippen LogP contribution < -0.4 is 4.31 Å². The predicted molar refractivity (Wildman–Crippen MR) is 76.1 cm³/mol. The highest BCUT2D eigenvalue weighted by Gasteiger charge is 2.24. The molecule has 0 aliphatic heterocycles. The molecule has 2 rings (SSSR count). The Labute approximate surface area is 124 Å². The molecule has 0 fully saturated rings. The Hall–Kier alpha value is -1.64. The first-order valence-corrected chi connectivity index (χ1v) is 7.95. The first kappa shape index (κ1) is 14.8. The van der Waals surface area contributed by atoms with Crippen LogP contribution in [0.4, 0.5) is 5.13 Å². The third kappa shape index (κ3) is 2.62. The number of aromatic nitrogens is 1. The number of halogens is 1. The van der Waals surface area contributed by atoms with Gasteiger partial charge in [-0.25, -0.2) is 22.5 Å². The van der Waals surface area contributed by atoms with Gasteiger partial charge in [-0.2, -0.15) is 0 Å². The van der Waals surface area contributed by atoms with E-state index < -0.39 is 16.0 Å². The molecule has 9 heteroatoms. The van der Waals surface area contributed by atoms with Crippen molar-refractivity contribution in [1.82, 2.24) is 4.98 Å². The van der Waals surface area contributed by atoms with Crippen molar-refractivity contribution in [2.75, 3.05) is 11.4 Å². The van der Waals surface area contributed by atoms with Gasteiger partial charge in [0.25, 0.3) is 10.0 Å². The van der Waals surface area contributed by atoms with E-state index in [1.54, 1.807) is 5.38 Å². The van der Waals surface area contributed by atoms with Crippen LogP contribution in [-0.4, -0.2) is 31.5 Å². The maximum Gasteiger partial charge on any atom is 0.337 e. The molecule has 0 aliphatic rings. The highest BCUT2D eigenvalue weighted by Crippen LogP contribution is 2.26. The van der Waals surface area contributed by atoms with Gasteiger partial charge in [-0.15, -0.1) is 11.3 Å². The van der Waals surface area contributed by atoms with Crippen LogP contribution in [0, 0.1) is 0 Å². The van der Waals surface area contributed by atoms with Crippen LogP contribution in [0.2, 0.25) is 5.02 Å². The molecule has 0 spiro atoms. The zero-order valence-corrected chi connectivity index (χ0v) is 12.5. The SMILES string of the molecule is CN(c1nccs1)S(=O)(=O)c1ccc(Cl)c(C(=O)O)c1. The van der Waals surface area contributed by atoms with Gasteiger partial charge in [0.1, 0.15) is 0 Å². The minimum atomic E-state index is -3.88. The lowest BCUT2D eigenvalue weighted by molar-refractivity contribution is 0.0697. The quantitative estimate of drug-likeness (QED) is 0.928. The topological polar surface area (TPSA) is 87.6 Å². The standard InChI is InChI=1S/C11H9ClN2O4S2/c1-14(11-13-4-5-19-11)20(17,18)7-2-3-9(12)8(6-7)10(15)16/h2-6H,1H3,(H,15,16). The molecular formula is C11H9ClN2O4S2. The summed E-state index contributed by atoms with van der Waals surface area (Å²) < 4.78 is 25.7. The Morgan fingerprint density at radius 1 is 1.45 bits per heavy atom. The highest BCUT2D eigenvalue weighted by molar-refractivity contribution is 7.93. The van der Waals surface area contributed by atoms with Crippen molar-refractivity contribution in [2.24, 2.45) is 0 Å². The van der Waals surface area contributed by atoms with Crippen LogP contribution in [0.5, 0.6) is 0 Å². The molecular weight excluding hydrogens is 324 g/mol. The number of hydrogen-bond acceptors (Lipinski definition) is 5. The normalized spacial score (nSPS) is 11.3. The summed E-state index contributed by atoms with van der Waals surface area (Å²) in [5.41, 5.74) is -0.264. The predicted octanol–water partition coefficient (Wildman–Crippen LogP) is 2.32. The zero-order valence-electron chi connectivity index (χ0n) is 10.1. The van der Waals surface area contributed by atoms with Crippen LogP contribution in [0.15, 0.2) is 34.7 Å². The molecule has 2 aromatic rings. The molecule has 1 N–H and O–H groups in total. The van der Waals surface area contributed by atoms with Crippen molar-refractivity contribution in [3.8, 4) is 0 Å². The van der Waals surface area contributed by atoms with E-state index in [-0.39, 0.29) is 20.6 Å². The molecule has 6 nitrogen and oxygen atoms in total. The highest BCUT2D eigenvalue weighted by atomic mass is 35.5. The van der Waals surface area contributed by atoms with Crippen molar-refractivity contribution in [1.29, 1.82) is 0 Å². The van der Waals surface area contributed by atoms with Gasteiger partial charge in [-0.1, -0.05) is 11.6 Å². The van der Waals surface area contributed by atoms with E-state index in [4.69, 9.17) is 16.7 Å². The smallest absolute Gasteiger partial charge is 0.337 e. The number of nitrogens with zero attached hydrogens (tertiary/aromatic N) is 2. The summed E-state index contributed by atoms with van der Waals surface area (Å²) in [6.07, 6.45) is 1.48. The molecule has 0 atom stereocenters. The Balaban J connectivity index is 2.50. The van der Waals surface area contributed by atoms with Crippen molar-refractivity contribution in [2.45, 2.75) is 4.90 Å². The Morgan fingerprint density at radius 3 is 2.70 bits per heavy atom. The van der Waals surface area contributed by atoms with E-state index in [0.29, 0.717) is 0 Å². The lowest BCUT2D eigenvalue weighted by Gasteiger charge is -2.16. The molecule has 0 unspecified atom stereocenters. The Morgan fingerprint density at radius 2 is 2.15 bits per heavy atom. The molecule has 20 heavy (non-hydrogen) atoms. The first-order valence-electron chi connectivity index (χ1n) is 5.25. The zero-order chi connectivity index (χ0) is 14.9. The van der Waals surface area contributed by atoms with E-state index in [2.05, 4.69) is 4.98 Å². The molecule has 1 heterocycles. The number of carboxylic acid groups (broad SMARTS) is 1. The van der Waals surface area contributed by atoms with Crippen LogP contribution >= 0.6 is 22.9 Å². The fraction of sp³-hybridized carbons (Fsp3) is 0.0909. The summed E-state index contributed by atoms with van der Waals surface area (Å²) in [6.45, 7) is 0. The van der Waals surface area contributed by atoms with Gasteiger partial charge in [0.15, 0.2) is 5.13 Å². The molecule has 0 radical (unpaired) electrons. The number of aromatic carboxylic acids is 1. The Kier molecular flexibility index (Phi) is 3.98. The molecule has 0 aliphatic carbocycles. The number of anilines is 1. The summed E-state index contributed by atoms with van der Waals surface area (Å²) in [5.74, 6) is -1.29. The van der Waals surface area contributed by atoms with E-state index in [1.165, 1.54) is 25.4 Å². The minimum absolute atomic E-state index is 0.0200. The average Bonchev–Trinajstić information content (AvgIpc) is 2.91. The molecule has 0 saturated carbocycles. The van der Waals surface area contributed by atoms with E-state index >= 15 is 0 Å².